The SMILES string of the molecule is Fc1cncc(Cn2ccnc2CCl)c1. The van der Waals surface area contributed by atoms with E-state index >= 15 is 0 Å². The van der Waals surface area contributed by atoms with Crippen molar-refractivity contribution < 1.29 is 4.39 Å². The Bertz CT molecular complexity index is 455. The molecule has 0 fully saturated rings. The molecule has 0 atom stereocenters. The standard InChI is InChI=1S/C10H9ClFN3/c11-4-10-14-1-2-15(10)7-8-3-9(12)6-13-5-8/h1-3,5-6H,4,7H2. The molecule has 2 aromatic heterocycles. The molecule has 78 valence electrons. The first-order valence-electron chi connectivity index (χ1n) is 4.45. The van der Waals surface area contributed by atoms with E-state index in [2.05, 4.69) is 9.97 Å². The lowest BCUT2D eigenvalue weighted by molar-refractivity contribution is 0.615. The average molecular weight is 226 g/mol. The van der Waals surface area contributed by atoms with Crippen molar-refractivity contribution in [2.24, 2.45) is 0 Å². The van der Waals surface area contributed by atoms with Gasteiger partial charge in [0.15, 0.2) is 0 Å². The summed E-state index contributed by atoms with van der Waals surface area (Å²) in [4.78, 5) is 7.85. The summed E-state index contributed by atoms with van der Waals surface area (Å²) < 4.78 is 14.7. The highest BCUT2D eigenvalue weighted by atomic mass is 35.5. The van der Waals surface area contributed by atoms with Crippen LogP contribution in [0.2, 0.25) is 0 Å². The topological polar surface area (TPSA) is 30.7 Å². The molecule has 5 heteroatoms. The van der Waals surface area contributed by atoms with E-state index in [9.17, 15) is 4.39 Å². The van der Waals surface area contributed by atoms with E-state index in [1.807, 2.05) is 10.8 Å². The van der Waals surface area contributed by atoms with Crippen LogP contribution in [0.1, 0.15) is 11.4 Å². The summed E-state index contributed by atoms with van der Waals surface area (Å²) in [6, 6.07) is 1.45. The molecule has 0 radical (unpaired) electrons. The molecule has 2 aromatic rings. The first-order chi connectivity index (χ1) is 7.29. The van der Waals surface area contributed by atoms with Crippen molar-refractivity contribution in [2.45, 2.75) is 12.4 Å². The Morgan fingerprint density at radius 1 is 1.40 bits per heavy atom. The highest BCUT2D eigenvalue weighted by Gasteiger charge is 2.02. The van der Waals surface area contributed by atoms with Gasteiger partial charge >= 0.3 is 0 Å². The Kier molecular flexibility index (Phi) is 2.97. The number of imidazole rings is 1. The second-order valence-corrected chi connectivity index (χ2v) is 3.38. The van der Waals surface area contributed by atoms with Gasteiger partial charge in [-0.2, -0.15) is 0 Å². The Labute approximate surface area is 91.5 Å². The van der Waals surface area contributed by atoms with Crippen molar-refractivity contribution in [2.75, 3.05) is 0 Å². The zero-order chi connectivity index (χ0) is 10.7. The minimum Gasteiger partial charge on any atom is -0.329 e. The smallest absolute Gasteiger partial charge is 0.141 e. The summed E-state index contributed by atoms with van der Waals surface area (Å²) in [7, 11) is 0. The van der Waals surface area contributed by atoms with Crippen molar-refractivity contribution in [1.82, 2.24) is 14.5 Å². The van der Waals surface area contributed by atoms with E-state index in [1.165, 1.54) is 12.3 Å². The molecule has 0 amide bonds. The minimum absolute atomic E-state index is 0.333. The van der Waals surface area contributed by atoms with Gasteiger partial charge in [0.05, 0.1) is 18.6 Å². The number of rotatable bonds is 3. The number of pyridine rings is 1. The van der Waals surface area contributed by atoms with Gasteiger partial charge in [0.2, 0.25) is 0 Å². The fraction of sp³-hybridized carbons (Fsp3) is 0.200. The predicted molar refractivity (Wildman–Crippen MR) is 55.1 cm³/mol. The van der Waals surface area contributed by atoms with E-state index in [1.54, 1.807) is 12.4 Å². The lowest BCUT2D eigenvalue weighted by Crippen LogP contribution is -2.03. The molecule has 0 saturated carbocycles. The Morgan fingerprint density at radius 2 is 2.27 bits per heavy atom. The number of hydrogen-bond donors (Lipinski definition) is 0. The molecular formula is C10H9ClFN3. The van der Waals surface area contributed by atoms with Crippen molar-refractivity contribution in [3.63, 3.8) is 0 Å². The van der Waals surface area contributed by atoms with Crippen LogP contribution in [0.15, 0.2) is 30.9 Å². The lowest BCUT2D eigenvalue weighted by atomic mass is 10.3. The zero-order valence-electron chi connectivity index (χ0n) is 7.90. The molecule has 0 aromatic carbocycles. The van der Waals surface area contributed by atoms with Gasteiger partial charge in [-0.15, -0.1) is 11.6 Å². The lowest BCUT2D eigenvalue weighted by Gasteiger charge is -2.05. The molecule has 0 saturated heterocycles. The molecular weight excluding hydrogens is 217 g/mol. The fourth-order valence-electron chi connectivity index (χ4n) is 1.35. The van der Waals surface area contributed by atoms with Gasteiger partial charge in [0.1, 0.15) is 11.6 Å². The largest absolute Gasteiger partial charge is 0.329 e. The quantitative estimate of drug-likeness (QED) is 0.750. The van der Waals surface area contributed by atoms with Crippen molar-refractivity contribution in [1.29, 1.82) is 0 Å². The van der Waals surface area contributed by atoms with Gasteiger partial charge in [-0.1, -0.05) is 0 Å². The van der Waals surface area contributed by atoms with Gasteiger partial charge in [-0.3, -0.25) is 4.98 Å². The molecule has 2 rings (SSSR count). The van der Waals surface area contributed by atoms with E-state index < -0.39 is 0 Å². The van der Waals surface area contributed by atoms with Crippen molar-refractivity contribution in [3.8, 4) is 0 Å². The van der Waals surface area contributed by atoms with E-state index in [4.69, 9.17) is 11.6 Å². The molecule has 0 aliphatic rings. The number of nitrogens with zero attached hydrogens (tertiary/aromatic N) is 3. The van der Waals surface area contributed by atoms with Crippen LogP contribution in [0.25, 0.3) is 0 Å². The summed E-state index contributed by atoms with van der Waals surface area (Å²) in [5.74, 6) is 0.774. The molecule has 0 unspecified atom stereocenters. The maximum atomic E-state index is 12.9. The van der Waals surface area contributed by atoms with Gasteiger partial charge in [-0.05, 0) is 11.6 Å². The molecule has 0 spiro atoms. The number of aromatic nitrogens is 3. The van der Waals surface area contributed by atoms with Crippen LogP contribution in [0.5, 0.6) is 0 Å². The third kappa shape index (κ3) is 2.33. The van der Waals surface area contributed by atoms with Crippen LogP contribution in [0.4, 0.5) is 4.39 Å². The maximum absolute atomic E-state index is 12.9. The van der Waals surface area contributed by atoms with Crippen LogP contribution >= 0.6 is 11.6 Å². The van der Waals surface area contributed by atoms with Crippen LogP contribution in [-0.2, 0) is 12.4 Å². The van der Waals surface area contributed by atoms with E-state index in [0.717, 1.165) is 11.4 Å². The molecule has 0 bridgehead atoms. The van der Waals surface area contributed by atoms with Gasteiger partial charge < -0.3 is 4.57 Å². The first-order valence-corrected chi connectivity index (χ1v) is 4.98. The zero-order valence-corrected chi connectivity index (χ0v) is 8.65. The minimum atomic E-state index is -0.333. The highest BCUT2D eigenvalue weighted by molar-refractivity contribution is 6.16. The average Bonchev–Trinajstić information content (AvgIpc) is 2.65. The van der Waals surface area contributed by atoms with Crippen LogP contribution in [0.3, 0.4) is 0 Å². The predicted octanol–water partition coefficient (Wildman–Crippen LogP) is 2.20. The second kappa shape index (κ2) is 4.40. The summed E-state index contributed by atoms with van der Waals surface area (Å²) >= 11 is 5.70. The Morgan fingerprint density at radius 3 is 3.00 bits per heavy atom. The van der Waals surface area contributed by atoms with Crippen LogP contribution in [0, 0.1) is 5.82 Å². The summed E-state index contributed by atoms with van der Waals surface area (Å²) in [5.41, 5.74) is 0.791. The second-order valence-electron chi connectivity index (χ2n) is 3.12. The third-order valence-electron chi connectivity index (χ3n) is 2.04. The fourth-order valence-corrected chi connectivity index (χ4v) is 1.58. The number of halogens is 2. The van der Waals surface area contributed by atoms with Crippen molar-refractivity contribution >= 4 is 11.6 Å². The highest BCUT2D eigenvalue weighted by Crippen LogP contribution is 2.07. The summed E-state index contributed by atoms with van der Waals surface area (Å²) in [6.07, 6.45) is 6.29. The third-order valence-corrected chi connectivity index (χ3v) is 2.27. The van der Waals surface area contributed by atoms with E-state index in [-0.39, 0.29) is 5.82 Å². The summed E-state index contributed by atoms with van der Waals surface area (Å²) in [6.45, 7) is 0.535. The molecule has 3 nitrogen and oxygen atoms in total. The first kappa shape index (κ1) is 10.1. The van der Waals surface area contributed by atoms with Gasteiger partial charge in [0, 0.05) is 18.6 Å². The Balaban J connectivity index is 2.22. The molecule has 0 N–H and O–H groups in total. The summed E-state index contributed by atoms with van der Waals surface area (Å²) in [5, 5.41) is 0. The number of hydrogen-bond acceptors (Lipinski definition) is 2. The van der Waals surface area contributed by atoms with E-state index in [0.29, 0.717) is 12.4 Å². The Hall–Kier alpha value is -1.42. The monoisotopic (exact) mass is 225 g/mol. The van der Waals surface area contributed by atoms with Crippen LogP contribution in [-0.4, -0.2) is 14.5 Å². The molecule has 0 aliphatic heterocycles. The van der Waals surface area contributed by atoms with Crippen molar-refractivity contribution in [3.05, 3.63) is 48.1 Å². The normalized spacial score (nSPS) is 10.5. The molecule has 15 heavy (non-hydrogen) atoms. The number of alkyl halides is 1. The molecule has 0 aliphatic carbocycles. The maximum Gasteiger partial charge on any atom is 0.141 e. The van der Waals surface area contributed by atoms with Gasteiger partial charge in [0.25, 0.3) is 0 Å². The molecule has 2 heterocycles. The van der Waals surface area contributed by atoms with Crippen LogP contribution < -0.4 is 0 Å². The van der Waals surface area contributed by atoms with Gasteiger partial charge in [-0.25, -0.2) is 9.37 Å².